The molecule has 9 nitrogen and oxygen atoms in total. The number of hydrogen-bond donors (Lipinski definition) is 2. The van der Waals surface area contributed by atoms with Crippen molar-refractivity contribution in [2.75, 3.05) is 0 Å². The quantitative estimate of drug-likeness (QED) is 0.484. The van der Waals surface area contributed by atoms with Gasteiger partial charge in [-0.1, -0.05) is 0 Å². The molecule has 0 atom stereocenters. The van der Waals surface area contributed by atoms with Gasteiger partial charge in [0.2, 0.25) is 0 Å². The molecule has 0 aliphatic carbocycles. The van der Waals surface area contributed by atoms with Crippen LogP contribution >= 0.6 is 0 Å². The van der Waals surface area contributed by atoms with Crippen LogP contribution in [0.3, 0.4) is 0 Å². The Morgan fingerprint density at radius 2 is 2.00 bits per heavy atom. The molecule has 0 saturated heterocycles. The van der Waals surface area contributed by atoms with Gasteiger partial charge < -0.3 is 0 Å². The van der Waals surface area contributed by atoms with Crippen molar-refractivity contribution < 1.29 is 17.9 Å². The van der Waals surface area contributed by atoms with E-state index in [9.17, 15) is 23.3 Å². The summed E-state index contributed by atoms with van der Waals surface area (Å²) in [6, 6.07) is 4.01. The number of H-pyrrole nitrogens is 1. The lowest BCUT2D eigenvalue weighted by molar-refractivity contribution is -0.385. The molecule has 0 aliphatic heterocycles. The van der Waals surface area contributed by atoms with Crippen LogP contribution < -0.4 is 5.56 Å². The maximum Gasteiger partial charge on any atom is 0.296 e. The molecule has 106 valence electrons. The van der Waals surface area contributed by atoms with Crippen LogP contribution in [0.4, 0.5) is 5.69 Å². The van der Waals surface area contributed by atoms with E-state index in [4.69, 9.17) is 4.55 Å². The molecule has 1 heterocycles. The van der Waals surface area contributed by atoms with E-state index in [1.807, 2.05) is 0 Å². The van der Waals surface area contributed by atoms with E-state index < -0.39 is 31.2 Å². The molecule has 1 aromatic carbocycles. The molecule has 10 heteroatoms. The van der Waals surface area contributed by atoms with Crippen LogP contribution in [-0.2, 0) is 10.1 Å². The van der Waals surface area contributed by atoms with Crippen molar-refractivity contribution in [3.8, 4) is 5.69 Å². The number of benzene rings is 1. The van der Waals surface area contributed by atoms with Gasteiger partial charge in [-0.25, -0.2) is 4.68 Å². The van der Waals surface area contributed by atoms with Gasteiger partial charge in [0, 0.05) is 23.9 Å². The average Bonchev–Trinajstić information content (AvgIpc) is 2.66. The third kappa shape index (κ3) is 2.46. The lowest BCUT2D eigenvalue weighted by Crippen LogP contribution is -2.17. The fourth-order valence-corrected chi connectivity index (χ4v) is 2.39. The normalized spacial score (nSPS) is 11.5. The van der Waals surface area contributed by atoms with Gasteiger partial charge in [0.1, 0.15) is 4.90 Å². The molecule has 0 amide bonds. The van der Waals surface area contributed by atoms with Crippen LogP contribution in [0.25, 0.3) is 5.69 Å². The van der Waals surface area contributed by atoms with E-state index in [1.54, 1.807) is 6.92 Å². The molecule has 2 rings (SSSR count). The Morgan fingerprint density at radius 1 is 1.35 bits per heavy atom. The number of rotatable bonds is 3. The molecule has 0 bridgehead atoms. The maximum absolute atomic E-state index is 11.7. The van der Waals surface area contributed by atoms with Crippen molar-refractivity contribution in [1.29, 1.82) is 0 Å². The fraction of sp³-hybridized carbons (Fsp3) is 0.100. The molecule has 1 aromatic heterocycles. The number of non-ortho nitro benzene ring substituents is 1. The van der Waals surface area contributed by atoms with Gasteiger partial charge in [-0.3, -0.25) is 24.6 Å². The molecule has 0 spiro atoms. The number of nitro groups is 1. The largest absolute Gasteiger partial charge is 0.296 e. The summed E-state index contributed by atoms with van der Waals surface area (Å²) in [6.07, 6.45) is 0. The van der Waals surface area contributed by atoms with Crippen molar-refractivity contribution in [2.24, 2.45) is 0 Å². The van der Waals surface area contributed by atoms with E-state index >= 15 is 0 Å². The number of aryl methyl sites for hydroxylation is 1. The molecular formula is C10H9N3O6S. The van der Waals surface area contributed by atoms with Crippen molar-refractivity contribution in [3.05, 3.63) is 50.4 Å². The second-order valence-electron chi connectivity index (χ2n) is 4.00. The average molecular weight is 299 g/mol. The lowest BCUT2D eigenvalue weighted by Gasteiger charge is -2.07. The highest BCUT2D eigenvalue weighted by Crippen LogP contribution is 2.24. The summed E-state index contributed by atoms with van der Waals surface area (Å²) >= 11 is 0. The Labute approximate surface area is 112 Å². The molecule has 20 heavy (non-hydrogen) atoms. The second kappa shape index (κ2) is 4.58. The highest BCUT2D eigenvalue weighted by atomic mass is 32.2. The van der Waals surface area contributed by atoms with Crippen LogP contribution in [0.5, 0.6) is 0 Å². The number of nitrogens with one attached hydrogen (secondary N) is 1. The van der Waals surface area contributed by atoms with Crippen molar-refractivity contribution in [3.63, 3.8) is 0 Å². The minimum absolute atomic E-state index is 0.198. The minimum Gasteiger partial charge on any atom is -0.295 e. The molecule has 0 unspecified atom stereocenters. The molecule has 0 fully saturated rings. The zero-order valence-corrected chi connectivity index (χ0v) is 10.9. The summed E-state index contributed by atoms with van der Waals surface area (Å²) in [5.74, 6) is 0. The summed E-state index contributed by atoms with van der Waals surface area (Å²) < 4.78 is 32.7. The number of nitro benzene ring substituents is 1. The van der Waals surface area contributed by atoms with Gasteiger partial charge >= 0.3 is 0 Å². The standard InChI is InChI=1S/C10H9N3O6S/c1-6-4-10(14)12(11-6)8-3-2-7(13(15)16)5-9(8)20(17,18)19/h2-5,11H,1H3,(H,17,18,19). The summed E-state index contributed by atoms with van der Waals surface area (Å²) in [7, 11) is -4.73. The third-order valence-corrected chi connectivity index (χ3v) is 3.40. The lowest BCUT2D eigenvalue weighted by atomic mass is 10.3. The summed E-state index contributed by atoms with van der Waals surface area (Å²) in [6.45, 7) is 1.58. The topological polar surface area (TPSA) is 135 Å². The first-order valence-corrected chi connectivity index (χ1v) is 6.69. The van der Waals surface area contributed by atoms with E-state index in [2.05, 4.69) is 5.10 Å². The highest BCUT2D eigenvalue weighted by Gasteiger charge is 2.22. The van der Waals surface area contributed by atoms with Crippen molar-refractivity contribution >= 4 is 15.8 Å². The predicted octanol–water partition coefficient (Wildman–Crippen LogP) is 0.629. The van der Waals surface area contributed by atoms with Crippen LogP contribution in [0.1, 0.15) is 5.69 Å². The SMILES string of the molecule is Cc1cc(=O)n(-c2ccc([N+](=O)[O-])cc2S(=O)(=O)O)[nH]1. The molecule has 2 N–H and O–H groups in total. The smallest absolute Gasteiger partial charge is 0.295 e. The minimum atomic E-state index is -4.73. The Kier molecular flexibility index (Phi) is 3.19. The van der Waals surface area contributed by atoms with E-state index in [0.717, 1.165) is 16.8 Å². The van der Waals surface area contributed by atoms with Gasteiger partial charge in [0.05, 0.1) is 10.6 Å². The zero-order valence-electron chi connectivity index (χ0n) is 10.1. The van der Waals surface area contributed by atoms with Gasteiger partial charge in [-0.15, -0.1) is 0 Å². The number of nitrogens with zero attached hydrogens (tertiary/aromatic N) is 2. The van der Waals surface area contributed by atoms with Gasteiger partial charge in [0.15, 0.2) is 0 Å². The second-order valence-corrected chi connectivity index (χ2v) is 5.39. The van der Waals surface area contributed by atoms with Crippen LogP contribution in [-0.4, -0.2) is 27.7 Å². The number of aromatic nitrogens is 2. The molecule has 2 aromatic rings. The Bertz CT molecular complexity index is 848. The zero-order chi connectivity index (χ0) is 15.1. The van der Waals surface area contributed by atoms with Gasteiger partial charge in [0.25, 0.3) is 21.4 Å². The predicted molar refractivity (Wildman–Crippen MR) is 67.6 cm³/mol. The molecule has 0 saturated carbocycles. The number of aromatic amines is 1. The van der Waals surface area contributed by atoms with Crippen molar-refractivity contribution in [1.82, 2.24) is 9.78 Å². The Morgan fingerprint density at radius 3 is 2.45 bits per heavy atom. The van der Waals surface area contributed by atoms with Crippen LogP contribution in [0, 0.1) is 17.0 Å². The maximum atomic E-state index is 11.7. The highest BCUT2D eigenvalue weighted by molar-refractivity contribution is 7.86. The van der Waals surface area contributed by atoms with Gasteiger partial charge in [-0.05, 0) is 13.0 Å². The van der Waals surface area contributed by atoms with E-state index in [-0.39, 0.29) is 5.69 Å². The van der Waals surface area contributed by atoms with Crippen LogP contribution in [0.15, 0.2) is 34.0 Å². The molecule has 0 aliphatic rings. The summed E-state index contributed by atoms with van der Waals surface area (Å²) in [5, 5.41) is 13.2. The van der Waals surface area contributed by atoms with Gasteiger partial charge in [-0.2, -0.15) is 8.42 Å². The van der Waals surface area contributed by atoms with E-state index in [1.165, 1.54) is 6.07 Å². The Hall–Kier alpha value is -2.46. The molecule has 0 radical (unpaired) electrons. The van der Waals surface area contributed by atoms with Crippen molar-refractivity contribution in [2.45, 2.75) is 11.8 Å². The first-order valence-electron chi connectivity index (χ1n) is 5.25. The third-order valence-electron chi connectivity index (χ3n) is 2.52. The first kappa shape index (κ1) is 14.0. The summed E-state index contributed by atoms with van der Waals surface area (Å²) in [4.78, 5) is 20.8. The Balaban J connectivity index is 2.80. The summed E-state index contributed by atoms with van der Waals surface area (Å²) in [5.41, 5.74) is -0.801. The van der Waals surface area contributed by atoms with E-state index in [0.29, 0.717) is 11.8 Å². The monoisotopic (exact) mass is 299 g/mol. The van der Waals surface area contributed by atoms with Crippen LogP contribution in [0.2, 0.25) is 0 Å². The molecular weight excluding hydrogens is 290 g/mol. The first-order chi connectivity index (χ1) is 9.20. The number of hydrogen-bond acceptors (Lipinski definition) is 5. The fourth-order valence-electron chi connectivity index (χ4n) is 1.70.